The molecule has 0 radical (unpaired) electrons. The summed E-state index contributed by atoms with van der Waals surface area (Å²) < 4.78 is 41.2. The second-order valence-corrected chi connectivity index (χ2v) is 11.7. The zero-order chi connectivity index (χ0) is 26.9. The van der Waals surface area contributed by atoms with Crippen molar-refractivity contribution in [2.24, 2.45) is 11.1 Å². The minimum atomic E-state index is -4.14. The number of nitrogens with two attached hydrogens (primary N) is 1. The van der Waals surface area contributed by atoms with Crippen molar-refractivity contribution in [2.75, 3.05) is 11.9 Å². The van der Waals surface area contributed by atoms with Gasteiger partial charge in [-0.3, -0.25) is 8.98 Å². The van der Waals surface area contributed by atoms with E-state index in [1.807, 2.05) is 0 Å². The Morgan fingerprint density at radius 3 is 2.81 bits per heavy atom. The Hall–Kier alpha value is -2.23. The van der Waals surface area contributed by atoms with Gasteiger partial charge in [-0.05, 0) is 25.0 Å². The maximum absolute atomic E-state index is 14.4. The second kappa shape index (κ2) is 11.3. The molecule has 0 spiro atoms. The number of hydrogen-bond acceptors (Lipinski definition) is 10. The molecule has 37 heavy (non-hydrogen) atoms. The first kappa shape index (κ1) is 27.8. The number of aromatic nitrogens is 2. The number of rotatable bonds is 9. The molecule has 0 aliphatic heterocycles. The number of ketones is 1. The van der Waals surface area contributed by atoms with Gasteiger partial charge in [0.25, 0.3) is 0 Å². The molecule has 1 aliphatic carbocycles. The zero-order valence-corrected chi connectivity index (χ0v) is 22.0. The summed E-state index contributed by atoms with van der Waals surface area (Å²) in [6, 6.07) is 5.23. The Labute approximate surface area is 225 Å². The second-order valence-electron chi connectivity index (χ2n) is 8.42. The number of aliphatic hydroxyl groups is 2. The third-order valence-corrected chi connectivity index (χ3v) is 8.05. The van der Waals surface area contributed by atoms with Crippen molar-refractivity contribution in [1.29, 1.82) is 0 Å². The lowest BCUT2D eigenvalue weighted by Gasteiger charge is -2.15. The van der Waals surface area contributed by atoms with E-state index in [1.165, 1.54) is 36.8 Å². The highest BCUT2D eigenvalue weighted by Gasteiger charge is 2.35. The van der Waals surface area contributed by atoms with Crippen LogP contribution in [-0.4, -0.2) is 53.1 Å². The Morgan fingerprint density at radius 1 is 1.32 bits per heavy atom. The van der Waals surface area contributed by atoms with Crippen LogP contribution in [0.5, 0.6) is 0 Å². The van der Waals surface area contributed by atoms with Crippen molar-refractivity contribution in [2.45, 2.75) is 31.1 Å². The van der Waals surface area contributed by atoms with Crippen molar-refractivity contribution >= 4 is 56.4 Å². The van der Waals surface area contributed by atoms with Gasteiger partial charge < -0.3 is 15.5 Å². The van der Waals surface area contributed by atoms with Gasteiger partial charge in [0.1, 0.15) is 24.1 Å². The van der Waals surface area contributed by atoms with Crippen molar-refractivity contribution < 1.29 is 32.0 Å². The lowest BCUT2D eigenvalue weighted by atomic mass is 10.0. The van der Waals surface area contributed by atoms with Crippen LogP contribution in [0.2, 0.25) is 9.36 Å². The highest BCUT2D eigenvalue weighted by molar-refractivity contribution is 7.84. The predicted octanol–water partition coefficient (Wildman–Crippen LogP) is 3.07. The average molecular weight is 591 g/mol. The van der Waals surface area contributed by atoms with E-state index >= 15 is 0 Å². The monoisotopic (exact) mass is 590 g/mol. The van der Waals surface area contributed by atoms with E-state index in [-0.39, 0.29) is 55.8 Å². The Kier molecular flexibility index (Phi) is 8.45. The van der Waals surface area contributed by atoms with Crippen LogP contribution in [0.25, 0.3) is 0 Å². The number of nitrogens with one attached hydrogen (secondary N) is 1. The number of nitrogens with zero attached hydrogens (tertiary/aromatic N) is 2. The molecule has 3 aromatic rings. The number of anilines is 1. The van der Waals surface area contributed by atoms with E-state index in [9.17, 15) is 27.8 Å². The van der Waals surface area contributed by atoms with Crippen LogP contribution in [0.4, 0.5) is 10.2 Å². The number of halogens is 3. The van der Waals surface area contributed by atoms with Gasteiger partial charge in [-0.1, -0.05) is 35.3 Å². The number of aliphatic hydroxyl groups excluding tert-OH is 2. The molecule has 0 bridgehead atoms. The molecule has 5 N–H and O–H groups in total. The molecule has 0 saturated heterocycles. The molecular formula is C22H21Cl2FN4O6S2. The summed E-state index contributed by atoms with van der Waals surface area (Å²) in [5.74, 6) is -1.59. The highest BCUT2D eigenvalue weighted by Crippen LogP contribution is 2.38. The highest BCUT2D eigenvalue weighted by atomic mass is 35.5. The lowest BCUT2D eigenvalue weighted by molar-refractivity contribution is 0.101. The summed E-state index contributed by atoms with van der Waals surface area (Å²) in [5.41, 5.74) is 0.158. The van der Waals surface area contributed by atoms with Gasteiger partial charge in [0, 0.05) is 29.3 Å². The minimum Gasteiger partial charge on any atom is -0.393 e. The van der Waals surface area contributed by atoms with Crippen LogP contribution < -0.4 is 10.5 Å². The molecule has 10 nitrogen and oxygen atoms in total. The van der Waals surface area contributed by atoms with Gasteiger partial charge in [0.15, 0.2) is 0 Å². The van der Waals surface area contributed by atoms with Gasteiger partial charge in [-0.2, -0.15) is 8.42 Å². The van der Waals surface area contributed by atoms with E-state index in [0.717, 1.165) is 11.3 Å². The number of carbonyl (C=O) groups is 1. The summed E-state index contributed by atoms with van der Waals surface area (Å²) in [4.78, 5) is 21.6. The van der Waals surface area contributed by atoms with Gasteiger partial charge in [0.2, 0.25) is 5.78 Å². The molecule has 4 atom stereocenters. The van der Waals surface area contributed by atoms with Crippen LogP contribution in [-0.2, 0) is 14.5 Å². The van der Waals surface area contributed by atoms with E-state index in [4.69, 9.17) is 28.3 Å². The molecule has 2 aromatic heterocycles. The van der Waals surface area contributed by atoms with Crippen LogP contribution in [0, 0.1) is 11.7 Å². The molecule has 2 heterocycles. The van der Waals surface area contributed by atoms with E-state index < -0.39 is 40.0 Å². The topological polar surface area (TPSA) is 165 Å². The first-order valence-corrected chi connectivity index (χ1v) is 13.9. The first-order valence-electron chi connectivity index (χ1n) is 10.8. The lowest BCUT2D eigenvalue weighted by Crippen LogP contribution is -2.24. The molecule has 0 amide bonds. The smallest absolute Gasteiger partial charge is 0.333 e. The normalized spacial score (nSPS) is 20.6. The molecule has 1 aromatic carbocycles. The Morgan fingerprint density at radius 2 is 2.08 bits per heavy atom. The molecule has 4 rings (SSSR count). The SMILES string of the molecule is NS(=O)(=O)OC[C@H]1C[C@@H](Nc2ncncc2C(=O)c2cc([C@@H](O)c3cccc(Cl)c3F)c(Cl)s2)C[C@@H]1O. The molecular weight excluding hydrogens is 570 g/mol. The fourth-order valence-electron chi connectivity index (χ4n) is 4.10. The average Bonchev–Trinajstić information content (AvgIpc) is 3.40. The number of hydrogen-bond donors (Lipinski definition) is 4. The van der Waals surface area contributed by atoms with E-state index in [1.54, 1.807) is 0 Å². The maximum Gasteiger partial charge on any atom is 0.333 e. The third-order valence-electron chi connectivity index (χ3n) is 5.91. The Balaban J connectivity index is 1.53. The predicted molar refractivity (Wildman–Crippen MR) is 135 cm³/mol. The molecule has 198 valence electrons. The maximum atomic E-state index is 14.4. The van der Waals surface area contributed by atoms with Crippen LogP contribution in [0.1, 0.15) is 45.3 Å². The summed E-state index contributed by atoms with van der Waals surface area (Å²) in [7, 11) is -4.14. The molecule has 1 fully saturated rings. The summed E-state index contributed by atoms with van der Waals surface area (Å²) in [5, 5.41) is 28.8. The summed E-state index contributed by atoms with van der Waals surface area (Å²) in [6.45, 7) is -0.278. The van der Waals surface area contributed by atoms with Crippen molar-refractivity contribution in [3.8, 4) is 0 Å². The number of thiophene rings is 1. The van der Waals surface area contributed by atoms with Crippen molar-refractivity contribution in [3.05, 3.63) is 73.5 Å². The van der Waals surface area contributed by atoms with Gasteiger partial charge in [-0.15, -0.1) is 11.3 Å². The summed E-state index contributed by atoms with van der Waals surface area (Å²) >= 11 is 13.0. The van der Waals surface area contributed by atoms with Gasteiger partial charge in [-0.25, -0.2) is 19.5 Å². The molecule has 0 unspecified atom stereocenters. The van der Waals surface area contributed by atoms with Crippen molar-refractivity contribution in [3.63, 3.8) is 0 Å². The van der Waals surface area contributed by atoms with Gasteiger partial charge >= 0.3 is 10.3 Å². The van der Waals surface area contributed by atoms with Crippen LogP contribution in [0.3, 0.4) is 0 Å². The third kappa shape index (κ3) is 6.44. The van der Waals surface area contributed by atoms with Crippen molar-refractivity contribution in [1.82, 2.24) is 9.97 Å². The molecule has 1 saturated carbocycles. The van der Waals surface area contributed by atoms with Gasteiger partial charge in [0.05, 0.1) is 32.5 Å². The molecule has 15 heteroatoms. The van der Waals surface area contributed by atoms with Crippen LogP contribution in [0.15, 0.2) is 36.8 Å². The minimum absolute atomic E-state index is 0.0858. The Bertz CT molecular complexity index is 1420. The number of carbonyl (C=O) groups excluding carboxylic acids is 1. The quantitative estimate of drug-likeness (QED) is 0.274. The first-order chi connectivity index (χ1) is 17.4. The van der Waals surface area contributed by atoms with Crippen LogP contribution >= 0.6 is 34.5 Å². The van der Waals surface area contributed by atoms with E-state index in [0.29, 0.717) is 6.42 Å². The zero-order valence-electron chi connectivity index (χ0n) is 18.8. The molecule has 1 aliphatic rings. The standard InChI is InChI=1S/C22H21Cl2FN4O6S2/c23-15-3-1-2-12(18(15)25)19(31)13-6-17(36-21(13)24)20(32)14-7-27-9-28-22(14)29-11-4-10(16(30)5-11)8-35-37(26,33)34/h1-3,6-7,9-11,16,19,30-31H,4-5,8H2,(H2,26,33,34)(H,27,28,29)/t10-,11-,16+,19+/m1/s1. The fourth-order valence-corrected chi connectivity index (χ4v) is 5.92. The fraction of sp³-hybridized carbons (Fsp3) is 0.318. The summed E-state index contributed by atoms with van der Waals surface area (Å²) in [6.07, 6.45) is 0.830. The number of benzene rings is 1. The van der Waals surface area contributed by atoms with E-state index in [2.05, 4.69) is 19.5 Å². The largest absolute Gasteiger partial charge is 0.393 e.